The zero-order chi connectivity index (χ0) is 28.5. The van der Waals surface area contributed by atoms with Crippen molar-refractivity contribution in [2.75, 3.05) is 5.32 Å². The summed E-state index contributed by atoms with van der Waals surface area (Å²) in [4.78, 5) is 37.1. The molecule has 2 N–H and O–H groups in total. The molecule has 0 radical (unpaired) electrons. The first-order chi connectivity index (χ1) is 18.3. The molecule has 1 aromatic heterocycles. The van der Waals surface area contributed by atoms with Crippen molar-refractivity contribution in [3.8, 4) is 11.1 Å². The number of fused-ring (bicyclic) bond motifs is 1. The topological polar surface area (TPSA) is 96.6 Å². The van der Waals surface area contributed by atoms with Gasteiger partial charge in [-0.3, -0.25) is 4.79 Å². The summed E-state index contributed by atoms with van der Waals surface area (Å²) in [7, 11) is 0. The lowest BCUT2D eigenvalue weighted by atomic mass is 9.93. The minimum absolute atomic E-state index is 0.0817. The van der Waals surface area contributed by atoms with E-state index in [4.69, 9.17) is 21.1 Å². The van der Waals surface area contributed by atoms with Gasteiger partial charge < -0.3 is 14.8 Å². The zero-order valence-electron chi connectivity index (χ0n) is 20.7. The van der Waals surface area contributed by atoms with Gasteiger partial charge >= 0.3 is 17.8 Å². The molecular formula is C29H21ClF3NO5. The maximum Gasteiger partial charge on any atom is 0.418 e. The Morgan fingerprint density at radius 3 is 2.51 bits per heavy atom. The van der Waals surface area contributed by atoms with Crippen LogP contribution in [0.15, 0.2) is 69.9 Å². The lowest BCUT2D eigenvalue weighted by Gasteiger charge is -2.16. The maximum absolute atomic E-state index is 13.6. The summed E-state index contributed by atoms with van der Waals surface area (Å²) < 4.78 is 46.2. The minimum Gasteiger partial charge on any atom is -0.478 e. The first kappa shape index (κ1) is 27.7. The normalized spacial score (nSPS) is 11.7. The van der Waals surface area contributed by atoms with Crippen LogP contribution in [-0.2, 0) is 22.2 Å². The van der Waals surface area contributed by atoms with Crippen LogP contribution < -0.4 is 10.9 Å². The van der Waals surface area contributed by atoms with Gasteiger partial charge in [-0.2, -0.15) is 13.2 Å². The fourth-order valence-electron chi connectivity index (χ4n) is 4.18. The van der Waals surface area contributed by atoms with Crippen LogP contribution in [-0.4, -0.2) is 17.0 Å². The third kappa shape index (κ3) is 6.21. The van der Waals surface area contributed by atoms with Gasteiger partial charge in [0.05, 0.1) is 23.2 Å². The predicted octanol–water partition coefficient (Wildman–Crippen LogP) is 7.03. The molecule has 0 aliphatic carbocycles. The van der Waals surface area contributed by atoms with E-state index in [1.54, 1.807) is 37.3 Å². The molecule has 39 heavy (non-hydrogen) atoms. The second-order valence-electron chi connectivity index (χ2n) is 8.91. The molecule has 0 saturated heterocycles. The molecule has 3 aromatic carbocycles. The van der Waals surface area contributed by atoms with Crippen molar-refractivity contribution in [2.24, 2.45) is 0 Å². The SMILES string of the molecule is Cc1ccc(NC(=O)Cc2c(-c3cccc(/C=C/C(=O)O)c3)c3cc(C)c(Cl)cc3oc2=O)c(C(F)(F)F)c1. The number of carboxylic acid groups (broad SMARTS) is 1. The number of carbonyl (C=O) groups excluding carboxylic acids is 1. The third-order valence-corrected chi connectivity index (χ3v) is 6.37. The highest BCUT2D eigenvalue weighted by molar-refractivity contribution is 6.32. The van der Waals surface area contributed by atoms with Gasteiger partial charge in [0.1, 0.15) is 5.58 Å². The van der Waals surface area contributed by atoms with Crippen LogP contribution >= 0.6 is 11.6 Å². The largest absolute Gasteiger partial charge is 0.478 e. The number of hydrogen-bond acceptors (Lipinski definition) is 4. The number of carbonyl (C=O) groups is 2. The number of halogens is 4. The van der Waals surface area contributed by atoms with Gasteiger partial charge in [0, 0.05) is 28.1 Å². The van der Waals surface area contributed by atoms with Crippen molar-refractivity contribution >= 4 is 46.2 Å². The monoisotopic (exact) mass is 555 g/mol. The van der Waals surface area contributed by atoms with Gasteiger partial charge in [0.2, 0.25) is 5.91 Å². The highest BCUT2D eigenvalue weighted by atomic mass is 35.5. The molecule has 4 aromatic rings. The van der Waals surface area contributed by atoms with E-state index in [-0.39, 0.29) is 11.1 Å². The van der Waals surface area contributed by atoms with Crippen LogP contribution in [0.2, 0.25) is 5.02 Å². The number of nitrogens with one attached hydrogen (secondary N) is 1. The number of aryl methyl sites for hydroxylation is 2. The number of benzene rings is 3. The highest BCUT2D eigenvalue weighted by Crippen LogP contribution is 2.37. The molecule has 0 unspecified atom stereocenters. The number of carboxylic acids is 1. The van der Waals surface area contributed by atoms with E-state index in [0.29, 0.717) is 38.2 Å². The van der Waals surface area contributed by atoms with E-state index in [0.717, 1.165) is 18.2 Å². The lowest BCUT2D eigenvalue weighted by Crippen LogP contribution is -2.22. The van der Waals surface area contributed by atoms with Gasteiger partial charge in [-0.1, -0.05) is 41.4 Å². The summed E-state index contributed by atoms with van der Waals surface area (Å²) in [5, 5.41) is 12.0. The Morgan fingerprint density at radius 1 is 1.08 bits per heavy atom. The number of amides is 1. The number of alkyl halides is 3. The van der Waals surface area contributed by atoms with Crippen molar-refractivity contribution in [1.29, 1.82) is 0 Å². The Hall–Kier alpha value is -4.37. The summed E-state index contributed by atoms with van der Waals surface area (Å²) in [6.45, 7) is 3.24. The maximum atomic E-state index is 13.6. The summed E-state index contributed by atoms with van der Waals surface area (Å²) in [5.74, 6) is -2.01. The molecule has 0 atom stereocenters. The summed E-state index contributed by atoms with van der Waals surface area (Å²) in [5.41, 5.74) is 0.0810. The lowest BCUT2D eigenvalue weighted by molar-refractivity contribution is -0.137. The van der Waals surface area contributed by atoms with Crippen molar-refractivity contribution in [2.45, 2.75) is 26.4 Å². The van der Waals surface area contributed by atoms with E-state index in [2.05, 4.69) is 5.32 Å². The molecule has 0 aliphatic heterocycles. The van der Waals surface area contributed by atoms with Crippen LogP contribution in [0.1, 0.15) is 27.8 Å². The molecule has 200 valence electrons. The predicted molar refractivity (Wildman–Crippen MR) is 143 cm³/mol. The van der Waals surface area contributed by atoms with Crippen LogP contribution in [0.4, 0.5) is 18.9 Å². The highest BCUT2D eigenvalue weighted by Gasteiger charge is 2.34. The molecule has 4 rings (SSSR count). The van der Waals surface area contributed by atoms with Crippen LogP contribution in [0, 0.1) is 13.8 Å². The van der Waals surface area contributed by atoms with E-state index < -0.39 is 41.4 Å². The number of hydrogen-bond donors (Lipinski definition) is 2. The van der Waals surface area contributed by atoms with Gasteiger partial charge in [-0.15, -0.1) is 0 Å². The molecule has 1 amide bonds. The summed E-state index contributed by atoms with van der Waals surface area (Å²) in [6.07, 6.45) is -2.98. The third-order valence-electron chi connectivity index (χ3n) is 5.97. The standard InChI is InChI=1S/C29H21ClF3NO5/c1-15-6-8-23(21(10-15)29(31,32)33)34-25(35)13-20-27(18-5-3-4-17(12-18)7-9-26(36)37)19-11-16(2)22(30)14-24(19)39-28(20)38/h3-12,14H,13H2,1-2H3,(H,34,35)(H,36,37)/b9-7+. The Labute approximate surface area is 225 Å². The fourth-order valence-corrected chi connectivity index (χ4v) is 4.34. The van der Waals surface area contributed by atoms with Crippen molar-refractivity contribution < 1.29 is 32.3 Å². The number of anilines is 1. The molecule has 0 aliphatic rings. The Kier molecular flexibility index (Phi) is 7.65. The van der Waals surface area contributed by atoms with Gasteiger partial charge in [0.25, 0.3) is 0 Å². The second kappa shape index (κ2) is 10.8. The average molecular weight is 556 g/mol. The van der Waals surface area contributed by atoms with E-state index in [9.17, 15) is 27.6 Å². The average Bonchev–Trinajstić information content (AvgIpc) is 2.85. The molecule has 0 bridgehead atoms. The zero-order valence-corrected chi connectivity index (χ0v) is 21.4. The second-order valence-corrected chi connectivity index (χ2v) is 9.32. The molecule has 1 heterocycles. The van der Waals surface area contributed by atoms with Gasteiger partial charge in [-0.25, -0.2) is 9.59 Å². The Bertz CT molecular complexity index is 1710. The molecule has 0 saturated carbocycles. The van der Waals surface area contributed by atoms with E-state index >= 15 is 0 Å². The minimum atomic E-state index is -4.71. The van der Waals surface area contributed by atoms with E-state index in [1.165, 1.54) is 25.1 Å². The fraction of sp³-hybridized carbons (Fsp3) is 0.138. The molecule has 0 spiro atoms. The van der Waals surface area contributed by atoms with Crippen LogP contribution in [0.3, 0.4) is 0 Å². The Morgan fingerprint density at radius 2 is 1.82 bits per heavy atom. The van der Waals surface area contributed by atoms with Crippen molar-refractivity contribution in [3.63, 3.8) is 0 Å². The van der Waals surface area contributed by atoms with Crippen molar-refractivity contribution in [1.82, 2.24) is 0 Å². The van der Waals surface area contributed by atoms with Crippen LogP contribution in [0.25, 0.3) is 28.2 Å². The van der Waals surface area contributed by atoms with Crippen LogP contribution in [0.5, 0.6) is 0 Å². The summed E-state index contributed by atoms with van der Waals surface area (Å²) >= 11 is 6.23. The number of rotatable bonds is 6. The molecule has 6 nitrogen and oxygen atoms in total. The van der Waals surface area contributed by atoms with Gasteiger partial charge in [-0.05, 0) is 60.9 Å². The first-order valence-electron chi connectivity index (χ1n) is 11.6. The van der Waals surface area contributed by atoms with Crippen molar-refractivity contribution in [3.05, 3.63) is 104 Å². The van der Waals surface area contributed by atoms with E-state index in [1.807, 2.05) is 0 Å². The smallest absolute Gasteiger partial charge is 0.418 e. The molecule has 10 heteroatoms. The molecule has 0 fully saturated rings. The van der Waals surface area contributed by atoms with Gasteiger partial charge in [0.15, 0.2) is 0 Å². The number of aliphatic carboxylic acids is 1. The molecular weight excluding hydrogens is 535 g/mol. The first-order valence-corrected chi connectivity index (χ1v) is 12.0. The Balaban J connectivity index is 1.85. The quantitative estimate of drug-likeness (QED) is 0.197. The summed E-state index contributed by atoms with van der Waals surface area (Å²) in [6, 6.07) is 13.3.